The molecule has 1 amide bonds. The third kappa shape index (κ3) is 4.22. The second-order valence-corrected chi connectivity index (χ2v) is 7.70. The number of hydrogen-bond acceptors (Lipinski definition) is 5. The number of rotatable bonds is 5. The third-order valence-corrected chi connectivity index (χ3v) is 5.52. The monoisotopic (exact) mass is 389 g/mol. The highest BCUT2D eigenvalue weighted by atomic mass is 16.1. The quantitative estimate of drug-likeness (QED) is 0.727. The molecule has 1 aliphatic heterocycles. The Hall–Kier alpha value is -2.99. The van der Waals surface area contributed by atoms with Gasteiger partial charge in [0.25, 0.3) is 5.91 Å². The molecule has 1 fully saturated rings. The SMILES string of the molecule is CC(C)N1CCN(c2nnc(C(=O)NCc3ccccc3)c3ccccc23)CC1. The van der Waals surface area contributed by atoms with E-state index in [0.29, 0.717) is 18.3 Å². The van der Waals surface area contributed by atoms with Gasteiger partial charge in [0.2, 0.25) is 0 Å². The van der Waals surface area contributed by atoms with Gasteiger partial charge in [-0.1, -0.05) is 54.6 Å². The molecule has 0 spiro atoms. The van der Waals surface area contributed by atoms with Crippen LogP contribution in [0.5, 0.6) is 0 Å². The molecule has 6 nitrogen and oxygen atoms in total. The maximum absolute atomic E-state index is 12.8. The van der Waals surface area contributed by atoms with Crippen molar-refractivity contribution in [3.63, 3.8) is 0 Å². The van der Waals surface area contributed by atoms with E-state index in [9.17, 15) is 4.79 Å². The molecule has 1 aliphatic rings. The molecule has 150 valence electrons. The molecule has 6 heteroatoms. The van der Waals surface area contributed by atoms with Crippen LogP contribution in [-0.2, 0) is 6.54 Å². The first-order valence-electron chi connectivity index (χ1n) is 10.2. The van der Waals surface area contributed by atoms with Gasteiger partial charge in [0.1, 0.15) is 0 Å². The van der Waals surface area contributed by atoms with Crippen molar-refractivity contribution < 1.29 is 4.79 Å². The summed E-state index contributed by atoms with van der Waals surface area (Å²) < 4.78 is 0. The first-order valence-corrected chi connectivity index (χ1v) is 10.2. The van der Waals surface area contributed by atoms with Crippen molar-refractivity contribution in [2.75, 3.05) is 31.1 Å². The predicted molar refractivity (Wildman–Crippen MR) is 116 cm³/mol. The molecule has 0 bridgehead atoms. The number of aromatic nitrogens is 2. The molecule has 2 aromatic carbocycles. The van der Waals surface area contributed by atoms with E-state index in [1.807, 2.05) is 54.6 Å². The molecule has 4 rings (SSSR count). The normalized spacial score (nSPS) is 15.1. The number of amides is 1. The van der Waals surface area contributed by atoms with E-state index in [1.54, 1.807) is 0 Å². The zero-order valence-electron chi connectivity index (χ0n) is 17.0. The van der Waals surface area contributed by atoms with Gasteiger partial charge in [-0.15, -0.1) is 10.2 Å². The van der Waals surface area contributed by atoms with E-state index in [4.69, 9.17) is 0 Å². The highest BCUT2D eigenvalue weighted by Gasteiger charge is 2.23. The van der Waals surface area contributed by atoms with Gasteiger partial charge >= 0.3 is 0 Å². The largest absolute Gasteiger partial charge is 0.352 e. The second-order valence-electron chi connectivity index (χ2n) is 7.70. The lowest BCUT2D eigenvalue weighted by Crippen LogP contribution is -2.49. The van der Waals surface area contributed by atoms with Gasteiger partial charge < -0.3 is 10.2 Å². The maximum Gasteiger partial charge on any atom is 0.272 e. The molecule has 0 unspecified atom stereocenters. The van der Waals surface area contributed by atoms with Gasteiger partial charge in [-0.25, -0.2) is 0 Å². The van der Waals surface area contributed by atoms with Crippen LogP contribution in [0.4, 0.5) is 5.82 Å². The summed E-state index contributed by atoms with van der Waals surface area (Å²) in [6.45, 7) is 8.77. The molecule has 0 saturated carbocycles. The van der Waals surface area contributed by atoms with Crippen molar-refractivity contribution in [3.05, 3.63) is 65.9 Å². The number of carbonyl (C=O) groups is 1. The Bertz CT molecular complexity index is 981. The van der Waals surface area contributed by atoms with E-state index >= 15 is 0 Å². The second kappa shape index (κ2) is 8.57. The molecule has 1 N–H and O–H groups in total. The molecular weight excluding hydrogens is 362 g/mol. The topological polar surface area (TPSA) is 61.4 Å². The standard InChI is InChI=1S/C23H27N5O/c1-17(2)27-12-14-28(15-13-27)22-20-11-7-6-10-19(20)21(25-26-22)23(29)24-16-18-8-4-3-5-9-18/h3-11,17H,12-16H2,1-2H3,(H,24,29). The predicted octanol–water partition coefficient (Wildman–Crippen LogP) is 3.09. The van der Waals surface area contributed by atoms with Gasteiger partial charge in [0.15, 0.2) is 11.5 Å². The summed E-state index contributed by atoms with van der Waals surface area (Å²) in [5.74, 6) is 0.664. The van der Waals surface area contributed by atoms with Crippen molar-refractivity contribution in [2.45, 2.75) is 26.4 Å². The van der Waals surface area contributed by atoms with Crippen LogP contribution in [0.15, 0.2) is 54.6 Å². The van der Waals surface area contributed by atoms with Gasteiger partial charge in [-0.05, 0) is 19.4 Å². The molecular formula is C23H27N5O. The van der Waals surface area contributed by atoms with Crippen LogP contribution in [-0.4, -0.2) is 53.2 Å². The zero-order chi connectivity index (χ0) is 20.2. The van der Waals surface area contributed by atoms with Crippen LogP contribution in [0, 0.1) is 0 Å². The average Bonchev–Trinajstić information content (AvgIpc) is 2.77. The van der Waals surface area contributed by atoms with Crippen LogP contribution in [0.1, 0.15) is 29.9 Å². The lowest BCUT2D eigenvalue weighted by molar-refractivity contribution is 0.0947. The minimum Gasteiger partial charge on any atom is -0.352 e. The number of carbonyl (C=O) groups excluding carboxylic acids is 1. The van der Waals surface area contributed by atoms with Gasteiger partial charge in [0.05, 0.1) is 0 Å². The average molecular weight is 390 g/mol. The molecule has 2 heterocycles. The molecule has 1 saturated heterocycles. The highest BCUT2D eigenvalue weighted by Crippen LogP contribution is 2.27. The maximum atomic E-state index is 12.8. The van der Waals surface area contributed by atoms with Crippen molar-refractivity contribution in [2.24, 2.45) is 0 Å². The summed E-state index contributed by atoms with van der Waals surface area (Å²) in [6.07, 6.45) is 0. The van der Waals surface area contributed by atoms with E-state index in [2.05, 4.69) is 39.2 Å². The highest BCUT2D eigenvalue weighted by molar-refractivity contribution is 6.07. The fourth-order valence-corrected chi connectivity index (χ4v) is 3.80. The smallest absolute Gasteiger partial charge is 0.272 e. The Labute approximate surface area is 171 Å². The Morgan fingerprint density at radius 2 is 1.59 bits per heavy atom. The molecule has 29 heavy (non-hydrogen) atoms. The van der Waals surface area contributed by atoms with Crippen LogP contribution in [0.2, 0.25) is 0 Å². The van der Waals surface area contributed by atoms with Gasteiger partial charge in [0, 0.05) is 49.5 Å². The summed E-state index contributed by atoms with van der Waals surface area (Å²) >= 11 is 0. The number of anilines is 1. The van der Waals surface area contributed by atoms with Gasteiger partial charge in [-0.3, -0.25) is 9.69 Å². The minimum absolute atomic E-state index is 0.200. The fraction of sp³-hybridized carbons (Fsp3) is 0.348. The third-order valence-electron chi connectivity index (χ3n) is 5.52. The first-order chi connectivity index (χ1) is 14.1. The summed E-state index contributed by atoms with van der Waals surface area (Å²) in [5, 5.41) is 13.6. The van der Waals surface area contributed by atoms with E-state index in [-0.39, 0.29) is 5.91 Å². The number of benzene rings is 2. The number of nitrogens with zero attached hydrogens (tertiary/aromatic N) is 4. The van der Waals surface area contributed by atoms with E-state index in [1.165, 1.54) is 0 Å². The molecule has 3 aromatic rings. The van der Waals surface area contributed by atoms with E-state index in [0.717, 1.165) is 48.3 Å². The number of piperazine rings is 1. The van der Waals surface area contributed by atoms with Gasteiger partial charge in [-0.2, -0.15) is 0 Å². The first kappa shape index (κ1) is 19.3. The minimum atomic E-state index is -0.200. The summed E-state index contributed by atoms with van der Waals surface area (Å²) in [4.78, 5) is 17.6. The van der Waals surface area contributed by atoms with Crippen LogP contribution in [0.25, 0.3) is 10.8 Å². The Balaban J connectivity index is 1.56. The number of fused-ring (bicyclic) bond motifs is 1. The Morgan fingerprint density at radius 3 is 2.28 bits per heavy atom. The number of hydrogen-bond donors (Lipinski definition) is 1. The fourth-order valence-electron chi connectivity index (χ4n) is 3.80. The van der Waals surface area contributed by atoms with Crippen molar-refractivity contribution in [1.82, 2.24) is 20.4 Å². The van der Waals surface area contributed by atoms with E-state index < -0.39 is 0 Å². The summed E-state index contributed by atoms with van der Waals surface area (Å²) in [7, 11) is 0. The Morgan fingerprint density at radius 1 is 0.931 bits per heavy atom. The van der Waals surface area contributed by atoms with Crippen LogP contribution >= 0.6 is 0 Å². The summed E-state index contributed by atoms with van der Waals surface area (Å²) in [5.41, 5.74) is 1.43. The molecule has 0 atom stereocenters. The van der Waals surface area contributed by atoms with Crippen molar-refractivity contribution in [1.29, 1.82) is 0 Å². The van der Waals surface area contributed by atoms with Crippen LogP contribution < -0.4 is 10.2 Å². The summed E-state index contributed by atoms with van der Waals surface area (Å²) in [6, 6.07) is 18.3. The lowest BCUT2D eigenvalue weighted by atomic mass is 10.1. The molecule has 1 aromatic heterocycles. The molecule has 0 radical (unpaired) electrons. The zero-order valence-corrected chi connectivity index (χ0v) is 17.0. The molecule has 0 aliphatic carbocycles. The Kier molecular flexibility index (Phi) is 5.71. The number of nitrogens with one attached hydrogen (secondary N) is 1. The van der Waals surface area contributed by atoms with Crippen LogP contribution in [0.3, 0.4) is 0 Å². The van der Waals surface area contributed by atoms with Crippen molar-refractivity contribution >= 4 is 22.5 Å². The lowest BCUT2D eigenvalue weighted by Gasteiger charge is -2.37. The van der Waals surface area contributed by atoms with Crippen molar-refractivity contribution in [3.8, 4) is 0 Å².